The number of hydrogen-bond acceptors (Lipinski definition) is 8. The third-order valence-electron chi connectivity index (χ3n) is 9.22. The van der Waals surface area contributed by atoms with Gasteiger partial charge in [-0.15, -0.1) is 5.10 Å². The predicted octanol–water partition coefficient (Wildman–Crippen LogP) is 6.95. The van der Waals surface area contributed by atoms with Crippen LogP contribution in [-0.2, 0) is 19.4 Å². The predicted molar refractivity (Wildman–Crippen MR) is 193 cm³/mol. The Balaban J connectivity index is 1.03. The topological polar surface area (TPSA) is 111 Å². The molecule has 0 aliphatic carbocycles. The molecule has 3 heterocycles. The van der Waals surface area contributed by atoms with Crippen LogP contribution in [0.25, 0.3) is 27.8 Å². The van der Waals surface area contributed by atoms with Gasteiger partial charge in [-0.25, -0.2) is 9.67 Å². The summed E-state index contributed by atoms with van der Waals surface area (Å²) in [6.07, 6.45) is 4.06. The number of methoxy groups -OCH3 is 2. The number of ketones is 1. The molecule has 7 rings (SSSR count). The number of rotatable bonds is 11. The van der Waals surface area contributed by atoms with Crippen LogP contribution in [0.15, 0.2) is 97.2 Å². The average Bonchev–Trinajstić information content (AvgIpc) is 3.66. The summed E-state index contributed by atoms with van der Waals surface area (Å²) in [4.78, 5) is 33.1. The highest BCUT2D eigenvalue weighted by molar-refractivity contribution is 6.09. The van der Waals surface area contributed by atoms with Crippen molar-refractivity contribution in [1.29, 1.82) is 0 Å². The molecule has 0 saturated heterocycles. The van der Waals surface area contributed by atoms with E-state index in [0.717, 1.165) is 66.1 Å². The Kier molecular flexibility index (Phi) is 9.35. The van der Waals surface area contributed by atoms with Crippen molar-refractivity contribution in [2.75, 3.05) is 32.6 Å². The van der Waals surface area contributed by atoms with Crippen molar-refractivity contribution in [3.05, 3.63) is 125 Å². The van der Waals surface area contributed by atoms with E-state index in [1.807, 2.05) is 54.7 Å². The first-order chi connectivity index (χ1) is 24.4. The number of carbonyl (C=O) groups is 2. The Morgan fingerprint density at radius 3 is 2.44 bits per heavy atom. The average molecular weight is 667 g/mol. The maximum absolute atomic E-state index is 13.3. The van der Waals surface area contributed by atoms with E-state index in [1.54, 1.807) is 44.0 Å². The van der Waals surface area contributed by atoms with Gasteiger partial charge in [-0.05, 0) is 78.1 Å². The lowest BCUT2D eigenvalue weighted by molar-refractivity contribution is 0.0989. The van der Waals surface area contributed by atoms with Crippen molar-refractivity contribution < 1.29 is 19.1 Å². The highest BCUT2D eigenvalue weighted by Gasteiger charge is 2.20. The summed E-state index contributed by atoms with van der Waals surface area (Å²) >= 11 is 0. The van der Waals surface area contributed by atoms with E-state index in [0.29, 0.717) is 23.4 Å². The number of carbonyl (C=O) groups excluding carboxylic acids is 2. The van der Waals surface area contributed by atoms with Gasteiger partial charge < -0.3 is 14.8 Å². The van der Waals surface area contributed by atoms with Crippen LogP contribution in [0.5, 0.6) is 11.5 Å². The first-order valence-corrected chi connectivity index (χ1v) is 16.7. The molecule has 0 fully saturated rings. The molecule has 252 valence electrons. The van der Waals surface area contributed by atoms with Crippen LogP contribution in [0.4, 0.5) is 5.69 Å². The Labute approximate surface area is 290 Å². The highest BCUT2D eigenvalue weighted by Crippen LogP contribution is 2.33. The van der Waals surface area contributed by atoms with Gasteiger partial charge in [-0.3, -0.25) is 14.5 Å². The lowest BCUT2D eigenvalue weighted by Crippen LogP contribution is -2.32. The van der Waals surface area contributed by atoms with Gasteiger partial charge in [0, 0.05) is 42.6 Å². The van der Waals surface area contributed by atoms with Crippen LogP contribution in [0.1, 0.15) is 50.9 Å². The third kappa shape index (κ3) is 6.83. The second-order valence-electron chi connectivity index (χ2n) is 12.3. The molecule has 0 radical (unpaired) electrons. The van der Waals surface area contributed by atoms with Gasteiger partial charge in [-0.2, -0.15) is 0 Å². The van der Waals surface area contributed by atoms with Gasteiger partial charge in [0.2, 0.25) is 0 Å². The molecule has 0 unspecified atom stereocenters. The van der Waals surface area contributed by atoms with E-state index < -0.39 is 5.91 Å². The molecule has 0 saturated carbocycles. The lowest BCUT2D eigenvalue weighted by atomic mass is 9.98. The maximum atomic E-state index is 13.3. The Morgan fingerprint density at radius 2 is 1.66 bits per heavy atom. The number of fused-ring (bicyclic) bond motifs is 2. The second-order valence-corrected chi connectivity index (χ2v) is 12.3. The van der Waals surface area contributed by atoms with Crippen molar-refractivity contribution in [3.63, 3.8) is 0 Å². The zero-order valence-electron chi connectivity index (χ0n) is 28.3. The van der Waals surface area contributed by atoms with Gasteiger partial charge in [0.05, 0.1) is 37.3 Å². The molecule has 6 aromatic rings. The van der Waals surface area contributed by atoms with Crippen LogP contribution >= 0.6 is 0 Å². The van der Waals surface area contributed by atoms with E-state index in [-0.39, 0.29) is 11.5 Å². The summed E-state index contributed by atoms with van der Waals surface area (Å²) in [5, 5.41) is 12.6. The van der Waals surface area contributed by atoms with E-state index in [4.69, 9.17) is 9.47 Å². The molecule has 1 N–H and O–H groups in total. The van der Waals surface area contributed by atoms with Crippen molar-refractivity contribution in [2.45, 2.75) is 32.7 Å². The van der Waals surface area contributed by atoms with E-state index in [1.165, 1.54) is 16.7 Å². The first kappa shape index (κ1) is 32.7. The van der Waals surface area contributed by atoms with Crippen molar-refractivity contribution in [1.82, 2.24) is 24.9 Å². The molecule has 0 bridgehead atoms. The normalized spacial score (nSPS) is 12.8. The molecule has 1 amide bonds. The molecule has 2 aromatic heterocycles. The number of nitrogens with zero attached hydrogens (tertiary/aromatic N) is 5. The number of amides is 1. The van der Waals surface area contributed by atoms with Gasteiger partial charge in [0.1, 0.15) is 11.4 Å². The van der Waals surface area contributed by atoms with Crippen molar-refractivity contribution >= 4 is 28.3 Å². The van der Waals surface area contributed by atoms with Gasteiger partial charge in [-0.1, -0.05) is 54.6 Å². The first-order valence-electron chi connectivity index (χ1n) is 16.7. The highest BCUT2D eigenvalue weighted by atomic mass is 16.5. The molecule has 10 nitrogen and oxygen atoms in total. The summed E-state index contributed by atoms with van der Waals surface area (Å²) < 4.78 is 12.7. The molecule has 50 heavy (non-hydrogen) atoms. The fourth-order valence-electron chi connectivity index (χ4n) is 6.38. The van der Waals surface area contributed by atoms with Gasteiger partial charge in [0.25, 0.3) is 5.91 Å². The monoisotopic (exact) mass is 666 g/mol. The Morgan fingerprint density at radius 1 is 0.880 bits per heavy atom. The zero-order valence-corrected chi connectivity index (χ0v) is 28.3. The molecular weight excluding hydrogens is 628 g/mol. The smallest absolute Gasteiger partial charge is 0.274 e. The quantitative estimate of drug-likeness (QED) is 0.148. The van der Waals surface area contributed by atoms with Gasteiger partial charge >= 0.3 is 0 Å². The number of ether oxygens (including phenoxy) is 2. The number of pyridine rings is 1. The van der Waals surface area contributed by atoms with Gasteiger partial charge in [0.15, 0.2) is 17.3 Å². The standard InChI is InChI=1S/C40H38N6O4/c1-4-37(47)32-15-11-29(21-35(32)42-40(48)34-16-12-27-7-5-6-8-33(27)41-34)36-25-46(44-43-36)31-13-9-26(10-14-31)17-19-45-20-18-28-22-38(49-2)39(50-3)23-30(28)24-45/h5-16,21-23,25H,4,17-20,24H2,1-3H3,(H,42,48). The minimum absolute atomic E-state index is 0.0759. The molecule has 0 atom stereocenters. The van der Waals surface area contributed by atoms with Crippen molar-refractivity contribution in [3.8, 4) is 28.4 Å². The molecule has 0 spiro atoms. The van der Waals surface area contributed by atoms with Crippen LogP contribution in [0, 0.1) is 0 Å². The minimum atomic E-state index is -0.396. The Bertz CT molecular complexity index is 2190. The summed E-state index contributed by atoms with van der Waals surface area (Å²) in [6.45, 7) is 4.63. The van der Waals surface area contributed by atoms with E-state index in [2.05, 4.69) is 49.8 Å². The summed E-state index contributed by atoms with van der Waals surface area (Å²) in [5.41, 5.74) is 7.89. The van der Waals surface area contributed by atoms with E-state index in [9.17, 15) is 9.59 Å². The van der Waals surface area contributed by atoms with E-state index >= 15 is 0 Å². The number of benzene rings is 4. The van der Waals surface area contributed by atoms with Crippen LogP contribution in [0.3, 0.4) is 0 Å². The van der Waals surface area contributed by atoms with Crippen LogP contribution in [-0.4, -0.2) is 63.9 Å². The number of nitrogens with one attached hydrogen (secondary N) is 1. The molecular formula is C40H38N6O4. The number of aromatic nitrogens is 4. The number of Topliss-reactive ketones (excluding diaryl/α,β-unsaturated/α-hetero) is 1. The van der Waals surface area contributed by atoms with Crippen LogP contribution in [0.2, 0.25) is 0 Å². The summed E-state index contributed by atoms with van der Waals surface area (Å²) in [7, 11) is 3.35. The molecule has 10 heteroatoms. The maximum Gasteiger partial charge on any atom is 0.274 e. The number of anilines is 1. The second kappa shape index (κ2) is 14.3. The lowest BCUT2D eigenvalue weighted by Gasteiger charge is -2.29. The summed E-state index contributed by atoms with van der Waals surface area (Å²) in [6, 6.07) is 29.0. The van der Waals surface area contributed by atoms with Crippen LogP contribution < -0.4 is 14.8 Å². The summed E-state index contributed by atoms with van der Waals surface area (Å²) in [5.74, 6) is 1.08. The molecule has 1 aliphatic rings. The Hall–Kier alpha value is -5.87. The molecule has 1 aliphatic heterocycles. The fraction of sp³-hybridized carbons (Fsp3) is 0.225. The fourth-order valence-corrected chi connectivity index (χ4v) is 6.38. The molecule has 4 aromatic carbocycles. The minimum Gasteiger partial charge on any atom is -0.493 e. The zero-order chi connectivity index (χ0) is 34.6. The largest absolute Gasteiger partial charge is 0.493 e. The number of para-hydroxylation sites is 1. The SMILES string of the molecule is CCC(=O)c1ccc(-c2cn(-c3ccc(CCN4CCc5cc(OC)c(OC)cc5C4)cc3)nn2)cc1NC(=O)c1ccc2ccccc2n1. The van der Waals surface area contributed by atoms with Crippen molar-refractivity contribution in [2.24, 2.45) is 0 Å². The number of hydrogen-bond donors (Lipinski definition) is 1. The third-order valence-corrected chi connectivity index (χ3v) is 9.22.